The van der Waals surface area contributed by atoms with Crippen LogP contribution >= 0.6 is 0 Å². The van der Waals surface area contributed by atoms with E-state index in [0.29, 0.717) is 19.8 Å². The number of aliphatic carboxylic acids is 1. The number of benzene rings is 1. The van der Waals surface area contributed by atoms with Crippen LogP contribution in [0.1, 0.15) is 26.6 Å². The molecular formula is C18H21N3O3. The first-order chi connectivity index (χ1) is 11.4. The van der Waals surface area contributed by atoms with Gasteiger partial charge < -0.3 is 14.4 Å². The Hall–Kier alpha value is -2.47. The minimum atomic E-state index is -0.918. The highest BCUT2D eigenvalue weighted by molar-refractivity contribution is 6.02. The lowest BCUT2D eigenvalue weighted by atomic mass is 9.93. The highest BCUT2D eigenvalue weighted by Gasteiger charge is 2.30. The fourth-order valence-electron chi connectivity index (χ4n) is 2.75. The van der Waals surface area contributed by atoms with Gasteiger partial charge >= 0.3 is 5.97 Å². The first kappa shape index (κ1) is 16.4. The number of fused-ring (bicyclic) bond motifs is 3. The van der Waals surface area contributed by atoms with E-state index in [2.05, 4.69) is 9.97 Å². The van der Waals surface area contributed by atoms with Crippen LogP contribution in [0.4, 0.5) is 0 Å². The summed E-state index contributed by atoms with van der Waals surface area (Å²) < 4.78 is 7.49. The number of nitrogens with zero attached hydrogens (tertiary/aromatic N) is 3. The summed E-state index contributed by atoms with van der Waals surface area (Å²) in [6.45, 7) is 6.59. The van der Waals surface area contributed by atoms with Crippen LogP contribution in [0.3, 0.4) is 0 Å². The van der Waals surface area contributed by atoms with E-state index in [4.69, 9.17) is 4.74 Å². The molecule has 0 saturated heterocycles. The number of carboxylic acid groups (broad SMARTS) is 1. The Kier molecular flexibility index (Phi) is 4.24. The predicted molar refractivity (Wildman–Crippen MR) is 91.8 cm³/mol. The third kappa shape index (κ3) is 2.85. The highest BCUT2D eigenvalue weighted by atomic mass is 16.5. The minimum absolute atomic E-state index is 0.315. The second kappa shape index (κ2) is 6.20. The van der Waals surface area contributed by atoms with Gasteiger partial charge in [-0.15, -0.1) is 0 Å². The van der Waals surface area contributed by atoms with Gasteiger partial charge in [0, 0.05) is 18.5 Å². The normalized spacial score (nSPS) is 12.1. The van der Waals surface area contributed by atoms with Crippen molar-refractivity contribution in [1.82, 2.24) is 14.5 Å². The van der Waals surface area contributed by atoms with Crippen LogP contribution in [0.25, 0.3) is 21.9 Å². The molecule has 1 aromatic carbocycles. The van der Waals surface area contributed by atoms with E-state index < -0.39 is 11.4 Å². The predicted octanol–water partition coefficient (Wildman–Crippen LogP) is 3.23. The van der Waals surface area contributed by atoms with Crippen LogP contribution in [-0.2, 0) is 22.7 Å². The lowest BCUT2D eigenvalue weighted by Crippen LogP contribution is -2.30. The van der Waals surface area contributed by atoms with E-state index in [1.807, 2.05) is 35.8 Å². The van der Waals surface area contributed by atoms with Crippen molar-refractivity contribution in [3.8, 4) is 0 Å². The van der Waals surface area contributed by atoms with E-state index in [9.17, 15) is 9.90 Å². The molecule has 0 fully saturated rings. The Balaban J connectivity index is 2.24. The standard InChI is InChI=1S/C18H21N3O3/c1-4-24-10-15-20-14-9-19-13-8-6-5-7-12(13)16(14)21(15)11-18(2,3)17(22)23/h5-9H,4,10-11H2,1-3H3,(H,22,23). The Bertz CT molecular complexity index is 899. The van der Waals surface area contributed by atoms with E-state index in [-0.39, 0.29) is 0 Å². The Morgan fingerprint density at radius 3 is 2.75 bits per heavy atom. The molecule has 0 aliphatic rings. The molecule has 126 valence electrons. The fraction of sp³-hybridized carbons (Fsp3) is 0.389. The average Bonchev–Trinajstić information content (AvgIpc) is 2.90. The summed E-state index contributed by atoms with van der Waals surface area (Å²) in [5.74, 6) is -0.121. The van der Waals surface area contributed by atoms with Crippen molar-refractivity contribution in [2.45, 2.75) is 33.9 Å². The quantitative estimate of drug-likeness (QED) is 0.752. The first-order valence-electron chi connectivity index (χ1n) is 7.98. The lowest BCUT2D eigenvalue weighted by Gasteiger charge is -2.22. The van der Waals surface area contributed by atoms with Crippen LogP contribution in [0.2, 0.25) is 0 Å². The molecule has 0 aliphatic heterocycles. The molecule has 0 unspecified atom stereocenters. The van der Waals surface area contributed by atoms with Crippen LogP contribution in [-0.4, -0.2) is 32.2 Å². The molecule has 0 atom stereocenters. The number of rotatable bonds is 6. The highest BCUT2D eigenvalue weighted by Crippen LogP contribution is 2.29. The van der Waals surface area contributed by atoms with Crippen LogP contribution in [0.15, 0.2) is 30.5 Å². The van der Waals surface area contributed by atoms with Crippen molar-refractivity contribution in [2.75, 3.05) is 6.61 Å². The van der Waals surface area contributed by atoms with Gasteiger partial charge in [-0.2, -0.15) is 0 Å². The van der Waals surface area contributed by atoms with E-state index in [0.717, 1.165) is 27.8 Å². The Morgan fingerprint density at radius 2 is 2.04 bits per heavy atom. The molecule has 0 bridgehead atoms. The SMILES string of the molecule is CCOCc1nc2cnc3ccccc3c2n1CC(C)(C)C(=O)O. The van der Waals surface area contributed by atoms with Gasteiger partial charge in [0.25, 0.3) is 0 Å². The van der Waals surface area contributed by atoms with Crippen LogP contribution < -0.4 is 0 Å². The van der Waals surface area contributed by atoms with Gasteiger partial charge in [-0.3, -0.25) is 9.78 Å². The topological polar surface area (TPSA) is 77.2 Å². The average molecular weight is 327 g/mol. The molecule has 24 heavy (non-hydrogen) atoms. The zero-order valence-electron chi connectivity index (χ0n) is 14.1. The summed E-state index contributed by atoms with van der Waals surface area (Å²) in [7, 11) is 0. The lowest BCUT2D eigenvalue weighted by molar-refractivity contribution is -0.147. The number of ether oxygens (including phenoxy) is 1. The van der Waals surface area contributed by atoms with Gasteiger partial charge in [-0.1, -0.05) is 18.2 Å². The minimum Gasteiger partial charge on any atom is -0.481 e. The maximum absolute atomic E-state index is 11.6. The molecule has 2 aromatic heterocycles. The largest absolute Gasteiger partial charge is 0.481 e. The summed E-state index contributed by atoms with van der Waals surface area (Å²) in [6, 6.07) is 7.81. The zero-order valence-corrected chi connectivity index (χ0v) is 14.1. The summed E-state index contributed by atoms with van der Waals surface area (Å²) in [5, 5.41) is 10.5. The maximum atomic E-state index is 11.6. The van der Waals surface area contributed by atoms with Crippen molar-refractivity contribution in [1.29, 1.82) is 0 Å². The second-order valence-electron chi connectivity index (χ2n) is 6.45. The monoisotopic (exact) mass is 327 g/mol. The number of carbonyl (C=O) groups is 1. The maximum Gasteiger partial charge on any atom is 0.310 e. The summed E-state index contributed by atoms with van der Waals surface area (Å²) >= 11 is 0. The number of carboxylic acids is 1. The number of hydrogen-bond donors (Lipinski definition) is 1. The van der Waals surface area contributed by atoms with Crippen molar-refractivity contribution in [3.05, 3.63) is 36.3 Å². The Labute approximate surface area is 140 Å². The third-order valence-corrected chi connectivity index (χ3v) is 4.13. The van der Waals surface area contributed by atoms with Gasteiger partial charge in [0.2, 0.25) is 0 Å². The molecule has 6 nitrogen and oxygen atoms in total. The van der Waals surface area contributed by atoms with Gasteiger partial charge in [0.15, 0.2) is 0 Å². The molecule has 2 heterocycles. The number of aromatic nitrogens is 3. The van der Waals surface area contributed by atoms with Gasteiger partial charge in [0.1, 0.15) is 17.9 Å². The van der Waals surface area contributed by atoms with Crippen molar-refractivity contribution in [3.63, 3.8) is 0 Å². The smallest absolute Gasteiger partial charge is 0.310 e. The third-order valence-electron chi connectivity index (χ3n) is 4.13. The molecule has 1 N–H and O–H groups in total. The Morgan fingerprint density at radius 1 is 1.29 bits per heavy atom. The molecule has 6 heteroatoms. The van der Waals surface area contributed by atoms with Crippen molar-refractivity contribution >= 4 is 27.9 Å². The summed E-state index contributed by atoms with van der Waals surface area (Å²) in [6.07, 6.45) is 1.73. The van der Waals surface area contributed by atoms with E-state index >= 15 is 0 Å². The van der Waals surface area contributed by atoms with Crippen molar-refractivity contribution in [2.24, 2.45) is 5.41 Å². The second-order valence-corrected chi connectivity index (χ2v) is 6.45. The van der Waals surface area contributed by atoms with E-state index in [1.54, 1.807) is 20.0 Å². The van der Waals surface area contributed by atoms with Crippen LogP contribution in [0.5, 0.6) is 0 Å². The molecule has 3 rings (SSSR count). The summed E-state index contributed by atoms with van der Waals surface area (Å²) in [5.41, 5.74) is 1.61. The molecule has 0 amide bonds. The number of hydrogen-bond acceptors (Lipinski definition) is 4. The van der Waals surface area contributed by atoms with Crippen LogP contribution in [0, 0.1) is 5.41 Å². The van der Waals surface area contributed by atoms with Gasteiger partial charge in [-0.25, -0.2) is 4.98 Å². The van der Waals surface area contributed by atoms with Gasteiger partial charge in [0.05, 0.1) is 22.6 Å². The number of para-hydroxylation sites is 1. The number of imidazole rings is 1. The molecular weight excluding hydrogens is 306 g/mol. The first-order valence-corrected chi connectivity index (χ1v) is 7.98. The molecule has 0 saturated carbocycles. The molecule has 0 radical (unpaired) electrons. The van der Waals surface area contributed by atoms with E-state index in [1.165, 1.54) is 0 Å². The summed E-state index contributed by atoms with van der Waals surface area (Å²) in [4.78, 5) is 20.7. The molecule has 0 aliphatic carbocycles. The number of pyridine rings is 1. The van der Waals surface area contributed by atoms with Crippen molar-refractivity contribution < 1.29 is 14.6 Å². The molecule has 0 spiro atoms. The van der Waals surface area contributed by atoms with Gasteiger partial charge in [-0.05, 0) is 26.8 Å². The zero-order chi connectivity index (χ0) is 17.3. The fourth-order valence-corrected chi connectivity index (χ4v) is 2.75. The molecule has 3 aromatic rings.